The Morgan fingerprint density at radius 3 is 2.78 bits per heavy atom. The number of rotatable bonds is 2. The number of hydrogen-bond donors (Lipinski definition) is 2. The Kier molecular flexibility index (Phi) is 2.80. The van der Waals surface area contributed by atoms with E-state index in [9.17, 15) is 0 Å². The van der Waals surface area contributed by atoms with Gasteiger partial charge in [0.1, 0.15) is 0 Å². The van der Waals surface area contributed by atoms with E-state index in [-0.39, 0.29) is 6.04 Å². The fourth-order valence-corrected chi connectivity index (χ4v) is 2.56. The van der Waals surface area contributed by atoms with E-state index in [1.165, 1.54) is 11.1 Å². The monoisotopic (exact) mass is 242 g/mol. The molecule has 3 rings (SSSR count). The van der Waals surface area contributed by atoms with E-state index in [0.717, 1.165) is 31.0 Å². The van der Waals surface area contributed by atoms with Crippen molar-refractivity contribution in [2.24, 2.45) is 5.73 Å². The van der Waals surface area contributed by atoms with Crippen LogP contribution >= 0.6 is 0 Å². The fraction of sp³-hybridized carbons (Fsp3) is 0.357. The Labute approximate surface area is 107 Å². The molecule has 1 saturated heterocycles. The van der Waals surface area contributed by atoms with Crippen LogP contribution in [0.2, 0.25) is 0 Å². The molecule has 1 unspecified atom stereocenters. The number of aromatic amines is 1. The van der Waals surface area contributed by atoms with Crippen LogP contribution in [0.5, 0.6) is 0 Å². The van der Waals surface area contributed by atoms with Crippen molar-refractivity contribution in [1.82, 2.24) is 10.2 Å². The highest BCUT2D eigenvalue weighted by Gasteiger charge is 2.23. The molecule has 0 spiro atoms. The SMILES string of the molecule is Cc1c(N2CCC(N)C2)n[nH]c1-c1ccccc1. The number of nitrogens with one attached hydrogen (secondary N) is 1. The van der Waals surface area contributed by atoms with Gasteiger partial charge in [0, 0.05) is 24.7 Å². The lowest BCUT2D eigenvalue weighted by Crippen LogP contribution is -2.26. The average Bonchev–Trinajstić information content (AvgIpc) is 2.97. The van der Waals surface area contributed by atoms with Gasteiger partial charge in [-0.25, -0.2) is 0 Å². The van der Waals surface area contributed by atoms with Gasteiger partial charge in [-0.05, 0) is 18.9 Å². The lowest BCUT2D eigenvalue weighted by atomic mass is 10.1. The van der Waals surface area contributed by atoms with Crippen molar-refractivity contribution in [1.29, 1.82) is 0 Å². The predicted octanol–water partition coefficient (Wildman–Crippen LogP) is 1.92. The maximum atomic E-state index is 5.95. The van der Waals surface area contributed by atoms with E-state index in [1.54, 1.807) is 0 Å². The first kappa shape index (κ1) is 11.3. The molecule has 94 valence electrons. The molecule has 2 heterocycles. The van der Waals surface area contributed by atoms with Gasteiger partial charge in [-0.2, -0.15) is 5.10 Å². The number of nitrogens with two attached hydrogens (primary N) is 1. The van der Waals surface area contributed by atoms with Gasteiger partial charge in [0.25, 0.3) is 0 Å². The van der Waals surface area contributed by atoms with Gasteiger partial charge in [0.2, 0.25) is 0 Å². The molecular weight excluding hydrogens is 224 g/mol. The molecule has 1 atom stereocenters. The molecule has 18 heavy (non-hydrogen) atoms. The molecule has 4 heteroatoms. The van der Waals surface area contributed by atoms with Crippen LogP contribution in [0, 0.1) is 6.92 Å². The molecule has 0 amide bonds. The Bertz CT molecular complexity index is 532. The second-order valence-corrected chi connectivity index (χ2v) is 4.91. The first-order valence-corrected chi connectivity index (χ1v) is 6.36. The Morgan fingerprint density at radius 1 is 1.33 bits per heavy atom. The minimum Gasteiger partial charge on any atom is -0.353 e. The Balaban J connectivity index is 1.93. The number of benzene rings is 1. The molecule has 1 fully saturated rings. The fourth-order valence-electron chi connectivity index (χ4n) is 2.56. The number of nitrogens with zero attached hydrogens (tertiary/aromatic N) is 2. The average molecular weight is 242 g/mol. The highest BCUT2D eigenvalue weighted by molar-refractivity contribution is 5.69. The third-order valence-electron chi connectivity index (χ3n) is 3.57. The summed E-state index contributed by atoms with van der Waals surface area (Å²) in [6, 6.07) is 10.6. The van der Waals surface area contributed by atoms with E-state index in [0.29, 0.717) is 0 Å². The van der Waals surface area contributed by atoms with Gasteiger partial charge >= 0.3 is 0 Å². The number of hydrogen-bond acceptors (Lipinski definition) is 3. The number of aromatic nitrogens is 2. The maximum Gasteiger partial charge on any atom is 0.153 e. The summed E-state index contributed by atoms with van der Waals surface area (Å²) < 4.78 is 0. The second-order valence-electron chi connectivity index (χ2n) is 4.91. The van der Waals surface area contributed by atoms with E-state index < -0.39 is 0 Å². The zero-order valence-electron chi connectivity index (χ0n) is 10.6. The van der Waals surface area contributed by atoms with Gasteiger partial charge in [-0.15, -0.1) is 0 Å². The smallest absolute Gasteiger partial charge is 0.153 e. The summed E-state index contributed by atoms with van der Waals surface area (Å²) in [7, 11) is 0. The molecule has 0 saturated carbocycles. The van der Waals surface area contributed by atoms with Crippen LogP contribution in [0.1, 0.15) is 12.0 Å². The molecule has 1 aromatic heterocycles. The topological polar surface area (TPSA) is 57.9 Å². The number of anilines is 1. The van der Waals surface area contributed by atoms with Crippen LogP contribution < -0.4 is 10.6 Å². The first-order chi connectivity index (χ1) is 8.75. The third-order valence-corrected chi connectivity index (χ3v) is 3.57. The van der Waals surface area contributed by atoms with Crippen molar-refractivity contribution in [2.45, 2.75) is 19.4 Å². The molecule has 0 radical (unpaired) electrons. The van der Waals surface area contributed by atoms with Gasteiger partial charge in [0.05, 0.1) is 5.69 Å². The summed E-state index contributed by atoms with van der Waals surface area (Å²) in [5.41, 5.74) is 9.44. The Hall–Kier alpha value is -1.81. The van der Waals surface area contributed by atoms with Crippen molar-refractivity contribution >= 4 is 5.82 Å². The molecule has 2 aromatic rings. The molecular formula is C14H18N4. The lowest BCUT2D eigenvalue weighted by Gasteiger charge is -2.15. The highest BCUT2D eigenvalue weighted by atomic mass is 15.3. The van der Waals surface area contributed by atoms with Crippen LogP contribution in [0.15, 0.2) is 30.3 Å². The summed E-state index contributed by atoms with van der Waals surface area (Å²) in [6.45, 7) is 4.02. The maximum absolute atomic E-state index is 5.95. The van der Waals surface area contributed by atoms with E-state index >= 15 is 0 Å². The Morgan fingerprint density at radius 2 is 2.11 bits per heavy atom. The minimum absolute atomic E-state index is 0.279. The molecule has 3 N–H and O–H groups in total. The quantitative estimate of drug-likeness (QED) is 0.846. The van der Waals surface area contributed by atoms with Gasteiger partial charge in [-0.3, -0.25) is 5.10 Å². The summed E-state index contributed by atoms with van der Waals surface area (Å²) >= 11 is 0. The van der Waals surface area contributed by atoms with Crippen LogP contribution in [-0.4, -0.2) is 29.3 Å². The number of H-pyrrole nitrogens is 1. The van der Waals surface area contributed by atoms with E-state index in [1.807, 2.05) is 18.2 Å². The molecule has 1 aliphatic heterocycles. The van der Waals surface area contributed by atoms with Crippen molar-refractivity contribution in [3.05, 3.63) is 35.9 Å². The van der Waals surface area contributed by atoms with Crippen molar-refractivity contribution in [3.63, 3.8) is 0 Å². The normalized spacial score (nSPS) is 19.4. The van der Waals surface area contributed by atoms with Crippen LogP contribution in [0.25, 0.3) is 11.3 Å². The van der Waals surface area contributed by atoms with E-state index in [4.69, 9.17) is 5.73 Å². The van der Waals surface area contributed by atoms with Gasteiger partial charge in [0.15, 0.2) is 5.82 Å². The standard InChI is InChI=1S/C14H18N4/c1-10-13(11-5-3-2-4-6-11)16-17-14(10)18-8-7-12(15)9-18/h2-6,12H,7-9,15H2,1H3,(H,16,17). The zero-order chi connectivity index (χ0) is 12.5. The largest absolute Gasteiger partial charge is 0.353 e. The van der Waals surface area contributed by atoms with Crippen molar-refractivity contribution in [2.75, 3.05) is 18.0 Å². The van der Waals surface area contributed by atoms with E-state index in [2.05, 4.69) is 34.2 Å². The van der Waals surface area contributed by atoms with Gasteiger partial charge in [-0.1, -0.05) is 30.3 Å². The minimum atomic E-state index is 0.279. The summed E-state index contributed by atoms with van der Waals surface area (Å²) in [6.07, 6.45) is 1.05. The summed E-state index contributed by atoms with van der Waals surface area (Å²) in [4.78, 5) is 2.27. The van der Waals surface area contributed by atoms with Crippen LogP contribution in [-0.2, 0) is 0 Å². The molecule has 1 aliphatic rings. The summed E-state index contributed by atoms with van der Waals surface area (Å²) in [5.74, 6) is 1.04. The van der Waals surface area contributed by atoms with Crippen LogP contribution in [0.4, 0.5) is 5.82 Å². The third kappa shape index (κ3) is 1.88. The molecule has 0 aliphatic carbocycles. The highest BCUT2D eigenvalue weighted by Crippen LogP contribution is 2.29. The van der Waals surface area contributed by atoms with Gasteiger partial charge < -0.3 is 10.6 Å². The zero-order valence-corrected chi connectivity index (χ0v) is 10.6. The van der Waals surface area contributed by atoms with Crippen LogP contribution in [0.3, 0.4) is 0 Å². The first-order valence-electron chi connectivity index (χ1n) is 6.36. The van der Waals surface area contributed by atoms with Crippen molar-refractivity contribution < 1.29 is 0 Å². The predicted molar refractivity (Wildman–Crippen MR) is 73.6 cm³/mol. The molecule has 0 bridgehead atoms. The second kappa shape index (κ2) is 4.46. The van der Waals surface area contributed by atoms with Crippen molar-refractivity contribution in [3.8, 4) is 11.3 Å². The summed E-state index contributed by atoms with van der Waals surface area (Å²) in [5, 5.41) is 7.60. The molecule has 1 aromatic carbocycles. The lowest BCUT2D eigenvalue weighted by molar-refractivity contribution is 0.751. The molecule has 4 nitrogen and oxygen atoms in total.